The lowest BCUT2D eigenvalue weighted by Gasteiger charge is -2.44. The number of aliphatic hydroxyl groups is 1. The van der Waals surface area contributed by atoms with Crippen molar-refractivity contribution in [1.82, 2.24) is 4.90 Å². The molecule has 2 aliphatic heterocycles. The van der Waals surface area contributed by atoms with Crippen LogP contribution in [-0.2, 0) is 4.79 Å². The van der Waals surface area contributed by atoms with E-state index in [1.54, 1.807) is 0 Å². The summed E-state index contributed by atoms with van der Waals surface area (Å²) in [5, 5.41) is 20.0. The number of rotatable bonds is 3. The smallest absolute Gasteiger partial charge is 0.309 e. The highest BCUT2D eigenvalue weighted by Crippen LogP contribution is 2.40. The van der Waals surface area contributed by atoms with Crippen LogP contribution in [0, 0.1) is 11.8 Å². The van der Waals surface area contributed by atoms with Crippen LogP contribution in [0.5, 0.6) is 0 Å². The van der Waals surface area contributed by atoms with E-state index in [-0.39, 0.29) is 5.92 Å². The Hall–Kier alpha value is -0.610. The average molecular weight is 241 g/mol. The molecule has 4 nitrogen and oxygen atoms in total. The minimum absolute atomic E-state index is 0.0227. The number of nitrogens with zero attached hydrogens (tertiary/aromatic N) is 1. The summed E-state index contributed by atoms with van der Waals surface area (Å²) < 4.78 is 0. The first-order chi connectivity index (χ1) is 7.94. The first kappa shape index (κ1) is 12.8. The third kappa shape index (κ3) is 2.33. The van der Waals surface area contributed by atoms with Gasteiger partial charge in [-0.05, 0) is 38.1 Å². The highest BCUT2D eigenvalue weighted by atomic mass is 16.4. The number of hydrogen-bond donors (Lipinski definition) is 2. The molecule has 2 fully saturated rings. The first-order valence-corrected chi connectivity index (χ1v) is 6.63. The van der Waals surface area contributed by atoms with Gasteiger partial charge in [-0.25, -0.2) is 0 Å². The van der Waals surface area contributed by atoms with E-state index >= 15 is 0 Å². The molecule has 3 atom stereocenters. The minimum Gasteiger partial charge on any atom is -0.481 e. The van der Waals surface area contributed by atoms with E-state index in [0.717, 1.165) is 19.5 Å². The van der Waals surface area contributed by atoms with Crippen molar-refractivity contribution < 1.29 is 15.0 Å². The van der Waals surface area contributed by atoms with Gasteiger partial charge in [-0.2, -0.15) is 0 Å². The lowest BCUT2D eigenvalue weighted by atomic mass is 9.72. The fourth-order valence-electron chi connectivity index (χ4n) is 3.69. The molecule has 4 heteroatoms. The van der Waals surface area contributed by atoms with Gasteiger partial charge in [-0.15, -0.1) is 0 Å². The molecule has 98 valence electrons. The lowest BCUT2D eigenvalue weighted by Crippen LogP contribution is -2.54. The van der Waals surface area contributed by atoms with Crippen molar-refractivity contribution in [1.29, 1.82) is 0 Å². The van der Waals surface area contributed by atoms with E-state index in [9.17, 15) is 15.0 Å². The normalized spacial score (nSPS) is 35.9. The molecule has 2 aliphatic rings. The number of aliphatic carboxylic acids is 1. The molecule has 0 bridgehead atoms. The van der Waals surface area contributed by atoms with Gasteiger partial charge in [0.2, 0.25) is 0 Å². The van der Waals surface area contributed by atoms with Gasteiger partial charge in [0.15, 0.2) is 0 Å². The Morgan fingerprint density at radius 1 is 1.41 bits per heavy atom. The van der Waals surface area contributed by atoms with Crippen molar-refractivity contribution in [2.24, 2.45) is 11.8 Å². The Balaban J connectivity index is 2.14. The Morgan fingerprint density at radius 3 is 2.71 bits per heavy atom. The standard InChI is InChI=1S/C13H23NO3/c1-9(2)11(12(15)16)13(17)5-7-14-6-3-4-10(14)8-13/h9-11,17H,3-8H2,1-2H3,(H,15,16). The van der Waals surface area contributed by atoms with Crippen LogP contribution in [0.1, 0.15) is 39.5 Å². The lowest BCUT2D eigenvalue weighted by molar-refractivity contribution is -0.162. The van der Waals surface area contributed by atoms with Crippen LogP contribution in [0.15, 0.2) is 0 Å². The number of piperidine rings is 1. The number of carboxylic acids is 1. The van der Waals surface area contributed by atoms with E-state index in [0.29, 0.717) is 18.9 Å². The molecular weight excluding hydrogens is 218 g/mol. The van der Waals surface area contributed by atoms with Crippen LogP contribution in [-0.4, -0.2) is 45.8 Å². The molecule has 2 saturated heterocycles. The van der Waals surface area contributed by atoms with Gasteiger partial charge >= 0.3 is 5.97 Å². The molecule has 0 aliphatic carbocycles. The van der Waals surface area contributed by atoms with Crippen molar-refractivity contribution in [2.45, 2.75) is 51.2 Å². The quantitative estimate of drug-likeness (QED) is 0.782. The van der Waals surface area contributed by atoms with Crippen LogP contribution in [0.2, 0.25) is 0 Å². The molecule has 0 aromatic carbocycles. The summed E-state index contributed by atoms with van der Waals surface area (Å²) >= 11 is 0. The summed E-state index contributed by atoms with van der Waals surface area (Å²) in [6.45, 7) is 5.73. The van der Waals surface area contributed by atoms with Crippen LogP contribution < -0.4 is 0 Å². The number of carbonyl (C=O) groups is 1. The minimum atomic E-state index is -1.01. The van der Waals surface area contributed by atoms with Gasteiger partial charge in [0.25, 0.3) is 0 Å². The van der Waals surface area contributed by atoms with Crippen LogP contribution in [0.3, 0.4) is 0 Å². The molecule has 0 radical (unpaired) electrons. The maximum atomic E-state index is 11.4. The van der Waals surface area contributed by atoms with Gasteiger partial charge in [0.1, 0.15) is 0 Å². The summed E-state index contributed by atoms with van der Waals surface area (Å²) in [6.07, 6.45) is 3.51. The second-order valence-electron chi connectivity index (χ2n) is 5.95. The summed E-state index contributed by atoms with van der Waals surface area (Å²) in [7, 11) is 0. The Bertz CT molecular complexity index is 305. The summed E-state index contributed by atoms with van der Waals surface area (Å²) in [6, 6.07) is 0.398. The van der Waals surface area contributed by atoms with Gasteiger partial charge in [0, 0.05) is 12.6 Å². The molecule has 3 unspecified atom stereocenters. The number of carboxylic acid groups (broad SMARTS) is 1. The molecule has 0 aromatic rings. The fourth-order valence-corrected chi connectivity index (χ4v) is 3.69. The Morgan fingerprint density at radius 2 is 2.12 bits per heavy atom. The van der Waals surface area contributed by atoms with Gasteiger partial charge in [-0.1, -0.05) is 13.8 Å². The molecule has 0 spiro atoms. The second-order valence-corrected chi connectivity index (χ2v) is 5.95. The maximum Gasteiger partial charge on any atom is 0.309 e. The first-order valence-electron chi connectivity index (χ1n) is 6.63. The van der Waals surface area contributed by atoms with Crippen LogP contribution in [0.25, 0.3) is 0 Å². The number of fused-ring (bicyclic) bond motifs is 1. The average Bonchev–Trinajstić information content (AvgIpc) is 2.62. The van der Waals surface area contributed by atoms with Crippen LogP contribution in [0.4, 0.5) is 0 Å². The second kappa shape index (κ2) is 4.58. The summed E-state index contributed by atoms with van der Waals surface area (Å²) in [4.78, 5) is 13.8. The fraction of sp³-hybridized carbons (Fsp3) is 0.923. The molecule has 0 amide bonds. The van der Waals surface area contributed by atoms with Crippen molar-refractivity contribution in [3.63, 3.8) is 0 Å². The molecular formula is C13H23NO3. The van der Waals surface area contributed by atoms with Crippen molar-refractivity contribution in [3.8, 4) is 0 Å². The zero-order valence-corrected chi connectivity index (χ0v) is 10.7. The summed E-state index contributed by atoms with van der Waals surface area (Å²) in [5.74, 6) is -1.51. The predicted octanol–water partition coefficient (Wildman–Crippen LogP) is 1.33. The molecule has 2 rings (SSSR count). The highest BCUT2D eigenvalue weighted by Gasteiger charge is 2.48. The van der Waals surface area contributed by atoms with Crippen LogP contribution >= 0.6 is 0 Å². The van der Waals surface area contributed by atoms with E-state index in [4.69, 9.17) is 0 Å². The Kier molecular flexibility index (Phi) is 3.46. The molecule has 0 aromatic heterocycles. The molecule has 2 N–H and O–H groups in total. The maximum absolute atomic E-state index is 11.4. The zero-order chi connectivity index (χ0) is 12.6. The molecule has 2 heterocycles. The van der Waals surface area contributed by atoms with E-state index in [1.165, 1.54) is 6.42 Å². The van der Waals surface area contributed by atoms with E-state index in [2.05, 4.69) is 4.90 Å². The Labute approximate surface area is 103 Å². The topological polar surface area (TPSA) is 60.8 Å². The SMILES string of the molecule is CC(C)C(C(=O)O)C1(O)CCN2CCCC2C1. The van der Waals surface area contributed by atoms with Gasteiger partial charge < -0.3 is 15.1 Å². The summed E-state index contributed by atoms with van der Waals surface area (Å²) in [5.41, 5.74) is -1.01. The third-order valence-corrected chi connectivity index (χ3v) is 4.43. The predicted molar refractivity (Wildman–Crippen MR) is 64.7 cm³/mol. The van der Waals surface area contributed by atoms with E-state index < -0.39 is 17.5 Å². The molecule has 17 heavy (non-hydrogen) atoms. The van der Waals surface area contributed by atoms with Gasteiger partial charge in [-0.3, -0.25) is 4.79 Å². The van der Waals surface area contributed by atoms with Gasteiger partial charge in [0.05, 0.1) is 11.5 Å². The number of hydrogen-bond acceptors (Lipinski definition) is 3. The third-order valence-electron chi connectivity index (χ3n) is 4.43. The molecule has 0 saturated carbocycles. The largest absolute Gasteiger partial charge is 0.481 e. The van der Waals surface area contributed by atoms with Crippen molar-refractivity contribution >= 4 is 5.97 Å². The highest BCUT2D eigenvalue weighted by molar-refractivity contribution is 5.72. The van der Waals surface area contributed by atoms with Crippen molar-refractivity contribution in [3.05, 3.63) is 0 Å². The van der Waals surface area contributed by atoms with E-state index in [1.807, 2.05) is 13.8 Å². The van der Waals surface area contributed by atoms with Crippen molar-refractivity contribution in [2.75, 3.05) is 13.1 Å². The zero-order valence-electron chi connectivity index (χ0n) is 10.7. The monoisotopic (exact) mass is 241 g/mol.